The number of nitrogens with zero attached hydrogens (tertiary/aromatic N) is 2. The topological polar surface area (TPSA) is 90.0 Å². The zero-order valence-corrected chi connectivity index (χ0v) is 20.6. The molecule has 2 saturated heterocycles. The van der Waals surface area contributed by atoms with Gasteiger partial charge in [0.1, 0.15) is 5.60 Å². The molecule has 2 aliphatic rings. The van der Waals surface area contributed by atoms with Gasteiger partial charge in [-0.15, -0.1) is 0 Å². The lowest BCUT2D eigenvalue weighted by Crippen LogP contribution is -2.48. The molecule has 2 aliphatic heterocycles. The molecular weight excluding hydrogens is 409 g/mol. The van der Waals surface area contributed by atoms with E-state index >= 15 is 0 Å². The first kappa shape index (κ1) is 24.5. The van der Waals surface area contributed by atoms with Crippen LogP contribution in [-0.4, -0.2) is 64.9 Å². The molecule has 0 radical (unpaired) electrons. The number of piperidine rings is 1. The summed E-state index contributed by atoms with van der Waals surface area (Å²) < 4.78 is 17.6. The number of rotatable bonds is 3. The second-order valence-electron chi connectivity index (χ2n) is 10.7. The van der Waals surface area contributed by atoms with Crippen LogP contribution in [0.1, 0.15) is 77.4 Å². The van der Waals surface area contributed by atoms with Gasteiger partial charge in [-0.1, -0.05) is 0 Å². The number of pyridine rings is 1. The summed E-state index contributed by atoms with van der Waals surface area (Å²) in [7, 11) is -0.566. The number of likely N-dealkylation sites (tertiary alicyclic amines) is 1. The van der Waals surface area contributed by atoms with E-state index in [2.05, 4.69) is 10.3 Å². The van der Waals surface area contributed by atoms with E-state index in [-0.39, 0.29) is 11.9 Å². The first-order chi connectivity index (χ1) is 14.7. The normalized spacial score (nSPS) is 20.9. The number of nitrogens with one attached hydrogen (secondary N) is 1. The van der Waals surface area contributed by atoms with E-state index in [4.69, 9.17) is 14.0 Å². The Hall–Kier alpha value is -2.13. The van der Waals surface area contributed by atoms with Crippen LogP contribution in [0.15, 0.2) is 12.3 Å². The highest BCUT2D eigenvalue weighted by atomic mass is 16.7. The van der Waals surface area contributed by atoms with Crippen LogP contribution in [-0.2, 0) is 14.0 Å². The van der Waals surface area contributed by atoms with Crippen molar-refractivity contribution in [3.8, 4) is 0 Å². The van der Waals surface area contributed by atoms with E-state index < -0.39 is 30.0 Å². The quantitative estimate of drug-likeness (QED) is 0.720. The molecular formula is C23H36BN3O5. The molecule has 3 rings (SSSR count). The number of hydrogen-bond acceptors (Lipinski definition) is 6. The standard InChI is InChI=1S/C23H36BN3O5/c1-15-18(13-16(14-25-15)24-31-22(5,6)23(7,8)32-24)19(28)27-11-9-17(10-12-27)26-20(29)30-21(2,3)4/h13-14,17H,9-12H2,1-8H3,(H,26,29). The van der Waals surface area contributed by atoms with Gasteiger partial charge < -0.3 is 24.3 Å². The smallest absolute Gasteiger partial charge is 0.444 e. The lowest BCUT2D eigenvalue weighted by Gasteiger charge is -2.33. The first-order valence-corrected chi connectivity index (χ1v) is 11.3. The summed E-state index contributed by atoms with van der Waals surface area (Å²) in [4.78, 5) is 31.5. The van der Waals surface area contributed by atoms with Crippen molar-refractivity contribution in [1.29, 1.82) is 0 Å². The van der Waals surface area contributed by atoms with Gasteiger partial charge in [0, 0.05) is 36.5 Å². The SMILES string of the molecule is Cc1ncc(B2OC(C)(C)C(C)(C)O2)cc1C(=O)N1CCC(NC(=O)OC(C)(C)C)CC1. The van der Waals surface area contributed by atoms with Gasteiger partial charge in [-0.25, -0.2) is 4.79 Å². The lowest BCUT2D eigenvalue weighted by atomic mass is 9.79. The molecule has 0 atom stereocenters. The van der Waals surface area contributed by atoms with Crippen LogP contribution in [0.25, 0.3) is 0 Å². The molecule has 1 aromatic rings. The van der Waals surface area contributed by atoms with Gasteiger partial charge in [0.2, 0.25) is 0 Å². The Morgan fingerprint density at radius 3 is 2.25 bits per heavy atom. The summed E-state index contributed by atoms with van der Waals surface area (Å²) in [5.41, 5.74) is 0.498. The summed E-state index contributed by atoms with van der Waals surface area (Å²) in [6.07, 6.45) is 2.64. The summed E-state index contributed by atoms with van der Waals surface area (Å²) in [5, 5.41) is 2.90. The van der Waals surface area contributed by atoms with Crippen molar-refractivity contribution in [2.45, 2.75) is 91.1 Å². The summed E-state index contributed by atoms with van der Waals surface area (Å²) in [6, 6.07) is 1.82. The van der Waals surface area contributed by atoms with Gasteiger partial charge in [0.25, 0.3) is 5.91 Å². The fraction of sp³-hybridized carbons (Fsp3) is 0.696. The molecule has 0 aromatic carbocycles. The van der Waals surface area contributed by atoms with E-state index in [0.717, 1.165) is 5.46 Å². The van der Waals surface area contributed by atoms with Gasteiger partial charge in [0.15, 0.2) is 0 Å². The molecule has 0 bridgehead atoms. The van der Waals surface area contributed by atoms with Crippen molar-refractivity contribution in [1.82, 2.24) is 15.2 Å². The van der Waals surface area contributed by atoms with Crippen LogP contribution in [0, 0.1) is 6.92 Å². The third-order valence-electron chi connectivity index (χ3n) is 6.37. The van der Waals surface area contributed by atoms with Gasteiger partial charge in [-0.3, -0.25) is 9.78 Å². The number of carbonyl (C=O) groups excluding carboxylic acids is 2. The predicted octanol–water partition coefficient (Wildman–Crippen LogP) is 2.82. The summed E-state index contributed by atoms with van der Waals surface area (Å²) >= 11 is 0. The molecule has 0 spiro atoms. The van der Waals surface area contributed by atoms with Crippen LogP contribution in [0.5, 0.6) is 0 Å². The molecule has 8 nitrogen and oxygen atoms in total. The molecule has 0 aliphatic carbocycles. The largest absolute Gasteiger partial charge is 0.496 e. The zero-order valence-electron chi connectivity index (χ0n) is 20.6. The van der Waals surface area contributed by atoms with E-state index in [1.807, 2.05) is 66.4 Å². The number of ether oxygens (including phenoxy) is 1. The second-order valence-corrected chi connectivity index (χ2v) is 10.7. The van der Waals surface area contributed by atoms with Crippen LogP contribution in [0.2, 0.25) is 0 Å². The fourth-order valence-corrected chi connectivity index (χ4v) is 3.75. The van der Waals surface area contributed by atoms with E-state index in [1.165, 1.54) is 0 Å². The molecule has 2 amide bonds. The molecule has 1 aromatic heterocycles. The Morgan fingerprint density at radius 2 is 1.72 bits per heavy atom. The minimum atomic E-state index is -0.566. The third kappa shape index (κ3) is 5.43. The van der Waals surface area contributed by atoms with E-state index in [0.29, 0.717) is 37.2 Å². The van der Waals surface area contributed by atoms with Crippen molar-refractivity contribution in [3.05, 3.63) is 23.5 Å². The number of carbonyl (C=O) groups is 2. The van der Waals surface area contributed by atoms with E-state index in [9.17, 15) is 9.59 Å². The van der Waals surface area contributed by atoms with Crippen LogP contribution in [0.3, 0.4) is 0 Å². The molecule has 1 N–H and O–H groups in total. The molecule has 0 unspecified atom stereocenters. The number of aryl methyl sites for hydroxylation is 1. The Kier molecular flexibility index (Phi) is 6.64. The first-order valence-electron chi connectivity index (χ1n) is 11.3. The van der Waals surface area contributed by atoms with Gasteiger partial charge in [-0.2, -0.15) is 0 Å². The Bertz CT molecular complexity index is 857. The van der Waals surface area contributed by atoms with Crippen molar-refractivity contribution in [3.63, 3.8) is 0 Å². The predicted molar refractivity (Wildman–Crippen MR) is 123 cm³/mol. The average molecular weight is 445 g/mol. The number of alkyl carbamates (subject to hydrolysis) is 1. The second kappa shape index (κ2) is 8.67. The Balaban J connectivity index is 1.64. The Labute approximate surface area is 191 Å². The maximum Gasteiger partial charge on any atom is 0.496 e. The number of hydrogen-bond donors (Lipinski definition) is 1. The number of amides is 2. The van der Waals surface area contributed by atoms with Crippen LogP contribution < -0.4 is 10.8 Å². The van der Waals surface area contributed by atoms with E-state index in [1.54, 1.807) is 6.20 Å². The highest BCUT2D eigenvalue weighted by Crippen LogP contribution is 2.36. The van der Waals surface area contributed by atoms with Crippen molar-refractivity contribution >= 4 is 24.6 Å². The summed E-state index contributed by atoms with van der Waals surface area (Å²) in [5.74, 6) is -0.0657. The third-order valence-corrected chi connectivity index (χ3v) is 6.37. The monoisotopic (exact) mass is 445 g/mol. The maximum absolute atomic E-state index is 13.3. The number of aromatic nitrogens is 1. The molecule has 3 heterocycles. The summed E-state index contributed by atoms with van der Waals surface area (Å²) in [6.45, 7) is 16.4. The molecule has 2 fully saturated rings. The van der Waals surface area contributed by atoms with Crippen molar-refractivity contribution < 1.29 is 23.6 Å². The average Bonchev–Trinajstić information content (AvgIpc) is 2.88. The molecule has 9 heteroatoms. The molecule has 32 heavy (non-hydrogen) atoms. The van der Waals surface area contributed by atoms with Crippen molar-refractivity contribution in [2.75, 3.05) is 13.1 Å². The lowest BCUT2D eigenvalue weighted by molar-refractivity contribution is 0.00578. The van der Waals surface area contributed by atoms with Gasteiger partial charge in [-0.05, 0) is 74.3 Å². The fourth-order valence-electron chi connectivity index (χ4n) is 3.75. The minimum Gasteiger partial charge on any atom is -0.444 e. The minimum absolute atomic E-state index is 0.00999. The van der Waals surface area contributed by atoms with Crippen molar-refractivity contribution in [2.24, 2.45) is 0 Å². The van der Waals surface area contributed by atoms with Crippen LogP contribution >= 0.6 is 0 Å². The molecule has 176 valence electrons. The molecule has 0 saturated carbocycles. The van der Waals surface area contributed by atoms with Gasteiger partial charge in [0.05, 0.1) is 16.8 Å². The highest BCUT2D eigenvalue weighted by Gasteiger charge is 2.52. The van der Waals surface area contributed by atoms with Gasteiger partial charge >= 0.3 is 13.2 Å². The Morgan fingerprint density at radius 1 is 1.16 bits per heavy atom. The van der Waals surface area contributed by atoms with Crippen LogP contribution in [0.4, 0.5) is 4.79 Å². The maximum atomic E-state index is 13.3. The highest BCUT2D eigenvalue weighted by molar-refractivity contribution is 6.62. The zero-order chi connectivity index (χ0) is 23.9.